The van der Waals surface area contributed by atoms with Crippen molar-refractivity contribution in [1.29, 1.82) is 5.26 Å². The second-order valence-corrected chi connectivity index (χ2v) is 1.58. The van der Waals surface area contributed by atoms with Gasteiger partial charge in [-0.2, -0.15) is 5.26 Å². The number of nitrogens with zero attached hydrogens (tertiary/aromatic N) is 1. The Hall–Kier alpha value is -1.89. The summed E-state index contributed by atoms with van der Waals surface area (Å²) in [4.78, 5) is 20.6. The van der Waals surface area contributed by atoms with Crippen LogP contribution in [0.2, 0.25) is 0 Å². The van der Waals surface area contributed by atoms with Gasteiger partial charge in [0.2, 0.25) is 0 Å². The maximum absolute atomic E-state index is 10.5. The molecule has 0 fully saturated rings. The van der Waals surface area contributed by atoms with E-state index in [0.717, 1.165) is 12.2 Å². The molecule has 0 bridgehead atoms. The summed E-state index contributed by atoms with van der Waals surface area (Å²) < 4.78 is 0. The SMILES string of the molecule is C=CC(=O)C=C(C#N)C(=O)O. The molecule has 0 aromatic rings. The maximum atomic E-state index is 10.5. The molecule has 0 saturated carbocycles. The molecule has 4 heteroatoms. The molecule has 0 aromatic carbocycles. The lowest BCUT2D eigenvalue weighted by Crippen LogP contribution is -2.00. The third kappa shape index (κ3) is 2.96. The van der Waals surface area contributed by atoms with E-state index in [2.05, 4.69) is 6.58 Å². The van der Waals surface area contributed by atoms with Gasteiger partial charge in [0, 0.05) is 6.08 Å². The van der Waals surface area contributed by atoms with Crippen molar-refractivity contribution in [2.24, 2.45) is 0 Å². The van der Waals surface area contributed by atoms with E-state index in [9.17, 15) is 9.59 Å². The minimum Gasteiger partial charge on any atom is -0.477 e. The number of ketones is 1. The molecule has 0 atom stereocenters. The maximum Gasteiger partial charge on any atom is 0.346 e. The lowest BCUT2D eigenvalue weighted by Gasteiger charge is -1.85. The van der Waals surface area contributed by atoms with Crippen LogP contribution in [0.5, 0.6) is 0 Å². The first-order valence-electron chi connectivity index (χ1n) is 2.63. The highest BCUT2D eigenvalue weighted by molar-refractivity contribution is 6.05. The molecule has 0 aliphatic carbocycles. The van der Waals surface area contributed by atoms with Crippen LogP contribution in [0.1, 0.15) is 0 Å². The van der Waals surface area contributed by atoms with E-state index in [0.29, 0.717) is 0 Å². The van der Waals surface area contributed by atoms with Crippen LogP contribution < -0.4 is 0 Å². The molecule has 0 heterocycles. The number of carboxylic acid groups (broad SMARTS) is 1. The molecule has 0 aliphatic rings. The predicted octanol–water partition coefficient (Wildman–Crippen LogP) is 0.276. The number of hydrogen-bond acceptors (Lipinski definition) is 3. The summed E-state index contributed by atoms with van der Waals surface area (Å²) in [7, 11) is 0. The van der Waals surface area contributed by atoms with Crippen LogP contribution in [0.3, 0.4) is 0 Å². The van der Waals surface area contributed by atoms with Crippen LogP contribution in [-0.2, 0) is 9.59 Å². The van der Waals surface area contributed by atoms with Gasteiger partial charge in [0.05, 0.1) is 0 Å². The number of carboxylic acids is 1. The van der Waals surface area contributed by atoms with Gasteiger partial charge in [-0.05, 0) is 6.08 Å². The summed E-state index contributed by atoms with van der Waals surface area (Å²) in [6, 6.07) is 1.36. The average molecular weight is 151 g/mol. The van der Waals surface area contributed by atoms with E-state index < -0.39 is 17.3 Å². The van der Waals surface area contributed by atoms with Crippen molar-refractivity contribution in [3.63, 3.8) is 0 Å². The summed E-state index contributed by atoms with van der Waals surface area (Å²) in [5.74, 6) is -2.01. The van der Waals surface area contributed by atoms with Gasteiger partial charge >= 0.3 is 5.97 Å². The lowest BCUT2D eigenvalue weighted by molar-refractivity contribution is -0.132. The highest BCUT2D eigenvalue weighted by Crippen LogP contribution is 1.92. The van der Waals surface area contributed by atoms with Crippen LogP contribution in [0.4, 0.5) is 0 Å². The number of hydrogen-bond donors (Lipinski definition) is 1. The fraction of sp³-hybridized carbons (Fsp3) is 0. The first-order valence-corrected chi connectivity index (χ1v) is 2.63. The van der Waals surface area contributed by atoms with Gasteiger partial charge in [0.15, 0.2) is 5.78 Å². The molecule has 0 amide bonds. The van der Waals surface area contributed by atoms with E-state index in [1.807, 2.05) is 0 Å². The van der Waals surface area contributed by atoms with Gasteiger partial charge in [-0.3, -0.25) is 4.79 Å². The number of carbonyl (C=O) groups excluding carboxylic acids is 1. The predicted molar refractivity (Wildman–Crippen MR) is 36.5 cm³/mol. The largest absolute Gasteiger partial charge is 0.477 e. The first-order chi connectivity index (χ1) is 5.11. The summed E-state index contributed by atoms with van der Waals surface area (Å²) >= 11 is 0. The normalized spacial score (nSPS) is 9.91. The Morgan fingerprint density at radius 2 is 2.09 bits per heavy atom. The van der Waals surface area contributed by atoms with E-state index in [1.54, 1.807) is 0 Å². The van der Waals surface area contributed by atoms with Crippen LogP contribution in [0, 0.1) is 11.3 Å². The van der Waals surface area contributed by atoms with Crippen LogP contribution in [0.25, 0.3) is 0 Å². The smallest absolute Gasteiger partial charge is 0.346 e. The molecule has 0 radical (unpaired) electrons. The highest BCUT2D eigenvalue weighted by atomic mass is 16.4. The minimum absolute atomic E-state index is 0.588. The number of aliphatic carboxylic acids is 1. The summed E-state index contributed by atoms with van der Waals surface area (Å²) in [6.45, 7) is 3.11. The Kier molecular flexibility index (Phi) is 3.32. The minimum atomic E-state index is -1.41. The van der Waals surface area contributed by atoms with Crippen LogP contribution in [0.15, 0.2) is 24.3 Å². The number of allylic oxidation sites excluding steroid dienone is 2. The van der Waals surface area contributed by atoms with E-state index >= 15 is 0 Å². The van der Waals surface area contributed by atoms with Gasteiger partial charge in [-0.25, -0.2) is 4.79 Å². The van der Waals surface area contributed by atoms with Crippen molar-refractivity contribution in [2.45, 2.75) is 0 Å². The number of carbonyl (C=O) groups is 2. The quantitative estimate of drug-likeness (QED) is 0.464. The zero-order chi connectivity index (χ0) is 8.85. The fourth-order valence-corrected chi connectivity index (χ4v) is 0.343. The Morgan fingerprint density at radius 1 is 1.55 bits per heavy atom. The standard InChI is InChI=1S/C7H5NO3/c1-2-6(9)3-5(4-8)7(10)11/h2-3H,1H2,(H,10,11). The molecule has 1 N–H and O–H groups in total. The van der Waals surface area contributed by atoms with Crippen molar-refractivity contribution < 1.29 is 14.7 Å². The number of nitriles is 1. The molecule has 0 aromatic heterocycles. The molecule has 0 saturated heterocycles. The van der Waals surface area contributed by atoms with Crippen molar-refractivity contribution in [2.75, 3.05) is 0 Å². The van der Waals surface area contributed by atoms with E-state index in [-0.39, 0.29) is 0 Å². The highest BCUT2D eigenvalue weighted by Gasteiger charge is 2.06. The Morgan fingerprint density at radius 3 is 2.36 bits per heavy atom. The molecule has 0 unspecified atom stereocenters. The molecule has 0 spiro atoms. The van der Waals surface area contributed by atoms with Crippen molar-refractivity contribution >= 4 is 11.8 Å². The van der Waals surface area contributed by atoms with Gasteiger partial charge in [-0.1, -0.05) is 6.58 Å². The van der Waals surface area contributed by atoms with Gasteiger partial charge in [-0.15, -0.1) is 0 Å². The average Bonchev–Trinajstić information content (AvgIpc) is 1.99. The summed E-state index contributed by atoms with van der Waals surface area (Å²) in [6.07, 6.45) is 1.65. The fourth-order valence-electron chi connectivity index (χ4n) is 0.343. The first kappa shape index (κ1) is 9.11. The van der Waals surface area contributed by atoms with Crippen molar-refractivity contribution in [3.8, 4) is 6.07 Å². The molecule has 11 heavy (non-hydrogen) atoms. The van der Waals surface area contributed by atoms with Gasteiger partial charge < -0.3 is 5.11 Å². The third-order valence-corrected chi connectivity index (χ3v) is 0.839. The Balaban J connectivity index is 4.65. The van der Waals surface area contributed by atoms with Gasteiger partial charge in [0.1, 0.15) is 11.6 Å². The zero-order valence-corrected chi connectivity index (χ0v) is 5.57. The molecular weight excluding hydrogens is 146 g/mol. The monoisotopic (exact) mass is 151 g/mol. The molecule has 0 rings (SSSR count). The topological polar surface area (TPSA) is 78.2 Å². The van der Waals surface area contributed by atoms with Crippen molar-refractivity contribution in [3.05, 3.63) is 24.3 Å². The summed E-state index contributed by atoms with van der Waals surface area (Å²) in [5.41, 5.74) is -0.588. The van der Waals surface area contributed by atoms with Crippen LogP contribution in [-0.4, -0.2) is 16.9 Å². The Bertz CT molecular complexity index is 270. The molecular formula is C7H5NO3. The Labute approximate surface area is 63.1 Å². The van der Waals surface area contributed by atoms with E-state index in [1.165, 1.54) is 6.07 Å². The van der Waals surface area contributed by atoms with Gasteiger partial charge in [0.25, 0.3) is 0 Å². The lowest BCUT2D eigenvalue weighted by atomic mass is 10.2. The van der Waals surface area contributed by atoms with Crippen LogP contribution >= 0.6 is 0 Å². The molecule has 0 aliphatic heterocycles. The molecule has 4 nitrogen and oxygen atoms in total. The summed E-state index contributed by atoms with van der Waals surface area (Å²) in [5, 5.41) is 16.4. The zero-order valence-electron chi connectivity index (χ0n) is 5.57. The molecule has 56 valence electrons. The number of rotatable bonds is 3. The second kappa shape index (κ2) is 4.01. The van der Waals surface area contributed by atoms with E-state index in [4.69, 9.17) is 10.4 Å². The van der Waals surface area contributed by atoms with Crippen molar-refractivity contribution in [1.82, 2.24) is 0 Å². The second-order valence-electron chi connectivity index (χ2n) is 1.58. The third-order valence-electron chi connectivity index (χ3n) is 0.839.